The molecule has 2 aromatic carbocycles. The van der Waals surface area contributed by atoms with Gasteiger partial charge < -0.3 is 5.11 Å². The van der Waals surface area contributed by atoms with Crippen LogP contribution in [-0.4, -0.2) is 16.3 Å². The van der Waals surface area contributed by atoms with E-state index in [-0.39, 0.29) is 11.4 Å². The zero-order chi connectivity index (χ0) is 16.7. The number of aromatic amines is 1. The average molecular weight is 316 g/mol. The minimum Gasteiger partial charge on any atom is -0.494 e. The van der Waals surface area contributed by atoms with Crippen LogP contribution in [-0.2, 0) is 6.42 Å². The first-order valence-electron chi connectivity index (χ1n) is 7.91. The van der Waals surface area contributed by atoms with Crippen LogP contribution in [0.3, 0.4) is 0 Å². The topological polar surface area (TPSA) is 65.5 Å². The number of para-hydroxylation sites is 1. The van der Waals surface area contributed by atoms with E-state index in [1.807, 2.05) is 42.6 Å². The van der Waals surface area contributed by atoms with Crippen LogP contribution in [0.2, 0.25) is 0 Å². The summed E-state index contributed by atoms with van der Waals surface area (Å²) in [6.07, 6.45) is 4.60. The van der Waals surface area contributed by atoms with Gasteiger partial charge in [0.25, 0.3) is 5.56 Å². The molecule has 0 bridgehead atoms. The van der Waals surface area contributed by atoms with Gasteiger partial charge >= 0.3 is 0 Å². The SMILES string of the molecule is CCc1cccc2c1N=C/C2=C\c1c(O)[nH]c(=O)c2ccccc12. The number of aryl methyl sites for hydroxylation is 1. The van der Waals surface area contributed by atoms with Crippen LogP contribution in [0.1, 0.15) is 23.6 Å². The highest BCUT2D eigenvalue weighted by Crippen LogP contribution is 2.37. The number of fused-ring (bicyclic) bond motifs is 2. The third-order valence-corrected chi connectivity index (χ3v) is 4.39. The van der Waals surface area contributed by atoms with Crippen LogP contribution < -0.4 is 5.56 Å². The van der Waals surface area contributed by atoms with E-state index in [2.05, 4.69) is 23.0 Å². The summed E-state index contributed by atoms with van der Waals surface area (Å²) in [4.78, 5) is 19.0. The zero-order valence-electron chi connectivity index (χ0n) is 13.2. The van der Waals surface area contributed by atoms with Crippen molar-refractivity contribution in [2.45, 2.75) is 13.3 Å². The molecule has 24 heavy (non-hydrogen) atoms. The number of aromatic nitrogens is 1. The molecular formula is C20H16N2O2. The van der Waals surface area contributed by atoms with Gasteiger partial charge in [-0.25, -0.2) is 0 Å². The van der Waals surface area contributed by atoms with E-state index in [9.17, 15) is 9.90 Å². The molecule has 3 aromatic rings. The van der Waals surface area contributed by atoms with E-state index in [1.54, 1.807) is 6.07 Å². The Bertz CT molecular complexity index is 1070. The lowest BCUT2D eigenvalue weighted by molar-refractivity contribution is 0.452. The van der Waals surface area contributed by atoms with E-state index in [0.717, 1.165) is 28.6 Å². The van der Waals surface area contributed by atoms with Gasteiger partial charge in [-0.05, 0) is 29.5 Å². The van der Waals surface area contributed by atoms with Crippen molar-refractivity contribution >= 4 is 34.3 Å². The van der Waals surface area contributed by atoms with Crippen LogP contribution in [0.5, 0.6) is 5.88 Å². The number of aliphatic imine (C=N–C) groups is 1. The van der Waals surface area contributed by atoms with Gasteiger partial charge in [0.05, 0.1) is 5.69 Å². The fraction of sp³-hybridized carbons (Fsp3) is 0.100. The number of allylic oxidation sites excluding steroid dienone is 1. The highest BCUT2D eigenvalue weighted by Gasteiger charge is 2.16. The second-order valence-corrected chi connectivity index (χ2v) is 5.79. The normalized spacial score (nSPS) is 14.5. The Morgan fingerprint density at radius 1 is 1.12 bits per heavy atom. The molecule has 2 heterocycles. The van der Waals surface area contributed by atoms with Crippen LogP contribution in [0, 0.1) is 0 Å². The quantitative estimate of drug-likeness (QED) is 0.749. The Morgan fingerprint density at radius 3 is 2.71 bits per heavy atom. The monoisotopic (exact) mass is 316 g/mol. The van der Waals surface area contributed by atoms with Gasteiger partial charge in [-0.3, -0.25) is 14.8 Å². The first-order valence-corrected chi connectivity index (χ1v) is 7.91. The number of nitrogens with zero attached hydrogens (tertiary/aromatic N) is 1. The number of benzene rings is 2. The molecule has 4 heteroatoms. The molecule has 1 aliphatic heterocycles. The maximum absolute atomic E-state index is 12.0. The Hall–Kier alpha value is -3.14. The van der Waals surface area contributed by atoms with Gasteiger partial charge in [0.15, 0.2) is 5.88 Å². The molecular weight excluding hydrogens is 300 g/mol. The molecule has 0 aliphatic carbocycles. The molecule has 0 amide bonds. The predicted octanol–water partition coefficient (Wildman–Crippen LogP) is 4.05. The Kier molecular flexibility index (Phi) is 3.31. The van der Waals surface area contributed by atoms with E-state index in [0.29, 0.717) is 10.9 Å². The number of H-pyrrole nitrogens is 1. The summed E-state index contributed by atoms with van der Waals surface area (Å²) in [6, 6.07) is 13.4. The lowest BCUT2D eigenvalue weighted by Crippen LogP contribution is -2.06. The van der Waals surface area contributed by atoms with Gasteiger partial charge in [0.1, 0.15) is 0 Å². The molecule has 0 saturated heterocycles. The van der Waals surface area contributed by atoms with Crippen LogP contribution >= 0.6 is 0 Å². The highest BCUT2D eigenvalue weighted by atomic mass is 16.3. The number of aromatic hydroxyl groups is 1. The fourth-order valence-corrected chi connectivity index (χ4v) is 3.17. The second kappa shape index (κ2) is 5.49. The van der Waals surface area contributed by atoms with Crippen molar-refractivity contribution < 1.29 is 5.11 Å². The average Bonchev–Trinajstić information content (AvgIpc) is 3.01. The summed E-state index contributed by atoms with van der Waals surface area (Å²) < 4.78 is 0. The standard InChI is InChI=1S/C20H16N2O2/c1-2-12-6-5-9-14-13(11-21-18(12)14)10-17-15-7-3-4-8-16(15)19(23)22-20(17)24/h3-11H,2H2,1H3,(H2,22,23,24)/b13-10+. The molecule has 4 rings (SSSR count). The summed E-state index contributed by atoms with van der Waals surface area (Å²) in [6.45, 7) is 2.11. The zero-order valence-corrected chi connectivity index (χ0v) is 13.2. The largest absolute Gasteiger partial charge is 0.494 e. The molecule has 0 fully saturated rings. The van der Waals surface area contributed by atoms with Gasteiger partial charge in [0.2, 0.25) is 0 Å². The van der Waals surface area contributed by atoms with Crippen LogP contribution in [0.25, 0.3) is 22.4 Å². The lowest BCUT2D eigenvalue weighted by Gasteiger charge is -2.07. The van der Waals surface area contributed by atoms with Crippen molar-refractivity contribution in [1.82, 2.24) is 4.98 Å². The van der Waals surface area contributed by atoms with Crippen molar-refractivity contribution in [3.8, 4) is 5.88 Å². The summed E-state index contributed by atoms with van der Waals surface area (Å²) >= 11 is 0. The van der Waals surface area contributed by atoms with E-state index in [1.165, 1.54) is 5.56 Å². The number of rotatable bonds is 2. The van der Waals surface area contributed by atoms with Crippen molar-refractivity contribution in [2.24, 2.45) is 4.99 Å². The third-order valence-electron chi connectivity index (χ3n) is 4.39. The third kappa shape index (κ3) is 2.15. The second-order valence-electron chi connectivity index (χ2n) is 5.79. The van der Waals surface area contributed by atoms with Crippen molar-refractivity contribution in [2.75, 3.05) is 0 Å². The minimum atomic E-state index is -0.293. The Labute approximate surface area is 138 Å². The number of hydrogen-bond donors (Lipinski definition) is 2. The van der Waals surface area contributed by atoms with E-state index >= 15 is 0 Å². The molecule has 0 atom stereocenters. The summed E-state index contributed by atoms with van der Waals surface area (Å²) in [5.41, 5.74) is 4.46. The first-order chi connectivity index (χ1) is 11.7. The maximum Gasteiger partial charge on any atom is 0.258 e. The smallest absolute Gasteiger partial charge is 0.258 e. The lowest BCUT2D eigenvalue weighted by atomic mass is 9.99. The molecule has 0 unspecified atom stereocenters. The van der Waals surface area contributed by atoms with Crippen LogP contribution in [0.4, 0.5) is 5.69 Å². The molecule has 0 radical (unpaired) electrons. The molecule has 118 valence electrons. The first kappa shape index (κ1) is 14.5. The maximum atomic E-state index is 12.0. The minimum absolute atomic E-state index is 0.125. The molecule has 1 aliphatic rings. The van der Waals surface area contributed by atoms with Gasteiger partial charge in [-0.1, -0.05) is 43.3 Å². The van der Waals surface area contributed by atoms with Crippen molar-refractivity contribution in [3.63, 3.8) is 0 Å². The van der Waals surface area contributed by atoms with Gasteiger partial charge in [0, 0.05) is 28.3 Å². The van der Waals surface area contributed by atoms with Gasteiger partial charge in [-0.2, -0.15) is 0 Å². The fourth-order valence-electron chi connectivity index (χ4n) is 3.17. The molecule has 0 saturated carbocycles. The highest BCUT2D eigenvalue weighted by molar-refractivity contribution is 6.22. The number of hydrogen-bond acceptors (Lipinski definition) is 3. The predicted molar refractivity (Wildman–Crippen MR) is 98.1 cm³/mol. The van der Waals surface area contributed by atoms with Crippen LogP contribution in [0.15, 0.2) is 52.3 Å². The van der Waals surface area contributed by atoms with E-state index in [4.69, 9.17) is 0 Å². The Morgan fingerprint density at radius 2 is 1.92 bits per heavy atom. The number of pyridine rings is 1. The van der Waals surface area contributed by atoms with Gasteiger partial charge in [-0.15, -0.1) is 0 Å². The summed E-state index contributed by atoms with van der Waals surface area (Å²) in [5, 5.41) is 11.5. The van der Waals surface area contributed by atoms with E-state index < -0.39 is 0 Å². The molecule has 0 spiro atoms. The number of nitrogens with one attached hydrogen (secondary N) is 1. The summed E-state index contributed by atoms with van der Waals surface area (Å²) in [5.74, 6) is -0.125. The van der Waals surface area contributed by atoms with Crippen molar-refractivity contribution in [1.29, 1.82) is 0 Å². The molecule has 1 aromatic heterocycles. The molecule has 4 nitrogen and oxygen atoms in total. The molecule has 2 N–H and O–H groups in total. The van der Waals surface area contributed by atoms with Crippen molar-refractivity contribution in [3.05, 3.63) is 69.5 Å². The summed E-state index contributed by atoms with van der Waals surface area (Å²) in [7, 11) is 0. The Balaban J connectivity index is 1.96.